The third-order valence-corrected chi connectivity index (χ3v) is 3.29. The second-order valence-corrected chi connectivity index (χ2v) is 4.55. The van der Waals surface area contributed by atoms with Crippen LogP contribution in [0, 0.1) is 0 Å². The van der Waals surface area contributed by atoms with Crippen LogP contribution in [0.25, 0.3) is 0 Å². The van der Waals surface area contributed by atoms with Gasteiger partial charge in [0, 0.05) is 15.6 Å². The van der Waals surface area contributed by atoms with Crippen LogP contribution in [-0.4, -0.2) is 0 Å². The Hall–Kier alpha value is -0.480. The topological polar surface area (TPSA) is 26.0 Å². The lowest BCUT2D eigenvalue weighted by molar-refractivity contribution is 0.150. The second kappa shape index (κ2) is 3.28. The van der Waals surface area contributed by atoms with E-state index in [-0.39, 0.29) is 11.1 Å². The van der Waals surface area contributed by atoms with E-state index in [9.17, 15) is 8.78 Å². The molecule has 0 bridgehead atoms. The van der Waals surface area contributed by atoms with E-state index >= 15 is 0 Å². The van der Waals surface area contributed by atoms with Crippen LogP contribution >= 0.6 is 15.9 Å². The zero-order valence-corrected chi connectivity index (χ0v) is 9.02. The van der Waals surface area contributed by atoms with E-state index in [4.69, 9.17) is 5.73 Å². The van der Waals surface area contributed by atoms with Crippen LogP contribution in [0.5, 0.6) is 0 Å². The van der Waals surface area contributed by atoms with E-state index in [0.717, 1.165) is 18.4 Å². The first kappa shape index (κ1) is 10.1. The van der Waals surface area contributed by atoms with Crippen LogP contribution in [0.15, 0.2) is 22.7 Å². The van der Waals surface area contributed by atoms with Gasteiger partial charge in [0.1, 0.15) is 0 Å². The predicted molar refractivity (Wildman–Crippen MR) is 54.2 cm³/mol. The number of hydrogen-bond donors (Lipinski definition) is 1. The highest BCUT2D eigenvalue weighted by Crippen LogP contribution is 2.44. The van der Waals surface area contributed by atoms with Gasteiger partial charge in [0.05, 0.1) is 0 Å². The number of hydrogen-bond acceptors (Lipinski definition) is 1. The third-order valence-electron chi connectivity index (χ3n) is 2.60. The van der Waals surface area contributed by atoms with E-state index in [1.165, 1.54) is 6.07 Å². The van der Waals surface area contributed by atoms with Crippen LogP contribution in [0.1, 0.15) is 30.4 Å². The summed E-state index contributed by atoms with van der Waals surface area (Å²) in [6.07, 6.45) is -0.563. The van der Waals surface area contributed by atoms with Crippen molar-refractivity contribution in [1.29, 1.82) is 0 Å². The Kier molecular flexibility index (Phi) is 2.35. The van der Waals surface area contributed by atoms with Crippen molar-refractivity contribution in [1.82, 2.24) is 0 Å². The normalized spacial score (nSPS) is 18.6. The Morgan fingerprint density at radius 1 is 1.36 bits per heavy atom. The summed E-state index contributed by atoms with van der Waals surface area (Å²) in [5, 5.41) is 0. The van der Waals surface area contributed by atoms with E-state index in [1.54, 1.807) is 12.1 Å². The van der Waals surface area contributed by atoms with Crippen LogP contribution in [-0.2, 0) is 5.54 Å². The third kappa shape index (κ3) is 1.68. The Bertz CT molecular complexity index is 361. The van der Waals surface area contributed by atoms with Crippen molar-refractivity contribution in [3.05, 3.63) is 33.8 Å². The molecule has 4 heteroatoms. The predicted octanol–water partition coefficient (Wildman–Crippen LogP) is 3.33. The second-order valence-electron chi connectivity index (χ2n) is 3.69. The van der Waals surface area contributed by atoms with E-state index in [1.807, 2.05) is 0 Å². The van der Waals surface area contributed by atoms with Crippen LogP contribution in [0.3, 0.4) is 0 Å². The summed E-state index contributed by atoms with van der Waals surface area (Å²) in [7, 11) is 0. The van der Waals surface area contributed by atoms with Gasteiger partial charge in [0.2, 0.25) is 0 Å². The van der Waals surface area contributed by atoms with Crippen LogP contribution in [0.4, 0.5) is 8.78 Å². The highest BCUT2D eigenvalue weighted by molar-refractivity contribution is 9.10. The smallest absolute Gasteiger partial charge is 0.264 e. The molecule has 1 aromatic carbocycles. The maximum atomic E-state index is 12.4. The van der Waals surface area contributed by atoms with Crippen molar-refractivity contribution in [3.8, 4) is 0 Å². The Labute approximate surface area is 89.4 Å². The van der Waals surface area contributed by atoms with Gasteiger partial charge in [-0.25, -0.2) is 8.78 Å². The fourth-order valence-electron chi connectivity index (χ4n) is 1.44. The summed E-state index contributed by atoms with van der Waals surface area (Å²) in [5.74, 6) is 0. The fraction of sp³-hybridized carbons (Fsp3) is 0.400. The van der Waals surface area contributed by atoms with Crippen molar-refractivity contribution in [2.45, 2.75) is 24.8 Å². The van der Waals surface area contributed by atoms with E-state index in [2.05, 4.69) is 15.9 Å². The van der Waals surface area contributed by atoms with Gasteiger partial charge in [0.15, 0.2) is 0 Å². The van der Waals surface area contributed by atoms with Gasteiger partial charge in [-0.15, -0.1) is 0 Å². The van der Waals surface area contributed by atoms with Crippen molar-refractivity contribution >= 4 is 15.9 Å². The van der Waals surface area contributed by atoms with Gasteiger partial charge in [-0.3, -0.25) is 0 Å². The molecule has 1 saturated carbocycles. The SMILES string of the molecule is NC1(c2ccc(C(F)F)c(Br)c2)CC1. The molecule has 2 N–H and O–H groups in total. The Balaban J connectivity index is 2.36. The molecule has 0 heterocycles. The molecule has 0 radical (unpaired) electrons. The lowest BCUT2D eigenvalue weighted by atomic mass is 10.0. The van der Waals surface area contributed by atoms with Crippen LogP contribution in [0.2, 0.25) is 0 Å². The molecule has 1 aliphatic carbocycles. The van der Waals surface area contributed by atoms with E-state index < -0.39 is 6.43 Å². The van der Waals surface area contributed by atoms with Gasteiger partial charge in [-0.1, -0.05) is 28.1 Å². The average Bonchev–Trinajstić information content (AvgIpc) is 2.84. The lowest BCUT2D eigenvalue weighted by Crippen LogP contribution is -2.18. The maximum absolute atomic E-state index is 12.4. The maximum Gasteiger partial charge on any atom is 0.264 e. The fourth-order valence-corrected chi connectivity index (χ4v) is 1.99. The highest BCUT2D eigenvalue weighted by atomic mass is 79.9. The van der Waals surface area contributed by atoms with Gasteiger partial charge in [-0.05, 0) is 24.5 Å². The van der Waals surface area contributed by atoms with Gasteiger partial charge >= 0.3 is 0 Å². The van der Waals surface area contributed by atoms with Gasteiger partial charge in [-0.2, -0.15) is 0 Å². The van der Waals surface area contributed by atoms with Crippen molar-refractivity contribution in [3.63, 3.8) is 0 Å². The molecule has 0 unspecified atom stereocenters. The zero-order valence-electron chi connectivity index (χ0n) is 7.43. The van der Waals surface area contributed by atoms with Crippen molar-refractivity contribution in [2.24, 2.45) is 5.73 Å². The molecule has 14 heavy (non-hydrogen) atoms. The minimum atomic E-state index is -2.44. The first-order valence-electron chi connectivity index (χ1n) is 4.40. The minimum Gasteiger partial charge on any atom is -0.321 e. The zero-order chi connectivity index (χ0) is 10.3. The highest BCUT2D eigenvalue weighted by Gasteiger charge is 2.40. The largest absolute Gasteiger partial charge is 0.321 e. The molecular weight excluding hydrogens is 252 g/mol. The summed E-state index contributed by atoms with van der Waals surface area (Å²) in [5.41, 5.74) is 6.66. The molecule has 0 aliphatic heterocycles. The quantitative estimate of drug-likeness (QED) is 0.869. The number of rotatable bonds is 2. The summed E-state index contributed by atoms with van der Waals surface area (Å²) < 4.78 is 25.3. The molecule has 1 aliphatic rings. The molecule has 0 spiro atoms. The van der Waals surface area contributed by atoms with Crippen LogP contribution < -0.4 is 5.73 Å². The first-order chi connectivity index (χ1) is 6.53. The Morgan fingerprint density at radius 2 is 2.00 bits per heavy atom. The summed E-state index contributed by atoms with van der Waals surface area (Å²) in [4.78, 5) is 0. The molecule has 0 aromatic heterocycles. The molecule has 1 fully saturated rings. The Morgan fingerprint density at radius 3 is 2.43 bits per heavy atom. The first-order valence-corrected chi connectivity index (χ1v) is 5.19. The minimum absolute atomic E-state index is 0.0259. The lowest BCUT2D eigenvalue weighted by Gasteiger charge is -2.11. The van der Waals surface area contributed by atoms with Crippen molar-refractivity contribution < 1.29 is 8.78 Å². The standard InChI is InChI=1S/C10H10BrF2N/c11-8-5-6(10(14)3-4-10)1-2-7(8)9(12)13/h1-2,5,9H,3-4,14H2. The van der Waals surface area contributed by atoms with Crippen molar-refractivity contribution in [2.75, 3.05) is 0 Å². The molecule has 1 nitrogen and oxygen atoms in total. The van der Waals surface area contributed by atoms with Gasteiger partial charge in [0.25, 0.3) is 6.43 Å². The summed E-state index contributed by atoms with van der Waals surface area (Å²) >= 11 is 3.13. The summed E-state index contributed by atoms with van der Waals surface area (Å²) in [6.45, 7) is 0. The van der Waals surface area contributed by atoms with Gasteiger partial charge < -0.3 is 5.73 Å². The number of benzene rings is 1. The molecule has 0 saturated heterocycles. The molecule has 2 rings (SSSR count). The number of halogens is 3. The van der Waals surface area contributed by atoms with E-state index in [0.29, 0.717) is 4.47 Å². The number of alkyl halides is 2. The molecule has 0 amide bonds. The molecule has 1 aromatic rings. The monoisotopic (exact) mass is 261 g/mol. The average molecular weight is 262 g/mol. The molecular formula is C10H10BrF2N. The summed E-state index contributed by atoms with van der Waals surface area (Å²) in [6, 6.07) is 4.84. The molecule has 76 valence electrons. The number of nitrogens with two attached hydrogens (primary N) is 1. The molecule has 0 atom stereocenters.